The van der Waals surface area contributed by atoms with Gasteiger partial charge in [0.1, 0.15) is 17.4 Å². The summed E-state index contributed by atoms with van der Waals surface area (Å²) in [6.07, 6.45) is 1.11. The zero-order chi connectivity index (χ0) is 19.2. The zero-order valence-electron chi connectivity index (χ0n) is 15.8. The zero-order valence-corrected chi connectivity index (χ0v) is 16.6. The number of aryl methyl sites for hydroxylation is 1. The van der Waals surface area contributed by atoms with E-state index in [0.29, 0.717) is 32.7 Å². The molecule has 1 aromatic carbocycles. The van der Waals surface area contributed by atoms with E-state index >= 15 is 0 Å². The van der Waals surface area contributed by atoms with Crippen LogP contribution in [0.5, 0.6) is 5.75 Å². The smallest absolute Gasteiger partial charge is 0.228 e. The lowest BCUT2D eigenvalue weighted by Crippen LogP contribution is -2.37. The van der Waals surface area contributed by atoms with Gasteiger partial charge in [-0.25, -0.2) is 4.98 Å². The third kappa shape index (κ3) is 5.53. The third-order valence-electron chi connectivity index (χ3n) is 4.61. The SMILES string of the molecule is CC(=O)N1CCCN(C(=O)Cc2csc(COc3ccc(C)cc3)n2)CC1. The summed E-state index contributed by atoms with van der Waals surface area (Å²) in [6.45, 7) is 6.62. The maximum Gasteiger partial charge on any atom is 0.228 e. The molecule has 0 aliphatic carbocycles. The molecule has 1 aliphatic heterocycles. The fourth-order valence-electron chi connectivity index (χ4n) is 3.02. The van der Waals surface area contributed by atoms with Crippen LogP contribution in [0.2, 0.25) is 0 Å². The molecule has 0 N–H and O–H groups in total. The Morgan fingerprint density at radius 2 is 1.81 bits per heavy atom. The Balaban J connectivity index is 1.50. The molecule has 1 fully saturated rings. The molecule has 0 unspecified atom stereocenters. The monoisotopic (exact) mass is 387 g/mol. The van der Waals surface area contributed by atoms with Crippen LogP contribution in [0.1, 0.15) is 29.6 Å². The van der Waals surface area contributed by atoms with E-state index in [4.69, 9.17) is 4.74 Å². The second-order valence-electron chi connectivity index (χ2n) is 6.75. The minimum Gasteiger partial charge on any atom is -0.486 e. The van der Waals surface area contributed by atoms with Crippen molar-refractivity contribution in [3.8, 4) is 5.75 Å². The number of carbonyl (C=O) groups excluding carboxylic acids is 2. The first-order chi connectivity index (χ1) is 13.0. The van der Waals surface area contributed by atoms with Gasteiger partial charge in [0.15, 0.2) is 0 Å². The number of amides is 2. The van der Waals surface area contributed by atoms with E-state index in [-0.39, 0.29) is 11.8 Å². The Morgan fingerprint density at radius 3 is 2.56 bits per heavy atom. The van der Waals surface area contributed by atoms with Crippen molar-refractivity contribution >= 4 is 23.2 Å². The first kappa shape index (κ1) is 19.4. The van der Waals surface area contributed by atoms with E-state index in [0.717, 1.165) is 29.4 Å². The standard InChI is InChI=1S/C20H25N3O3S/c1-15-4-6-18(7-5-15)26-13-19-21-17(14-27-19)12-20(25)23-9-3-8-22(10-11-23)16(2)24/h4-7,14H,3,8-13H2,1-2H3. The quantitative estimate of drug-likeness (QED) is 0.791. The fourth-order valence-corrected chi connectivity index (χ4v) is 3.73. The molecule has 0 radical (unpaired) electrons. The number of hydrogen-bond donors (Lipinski definition) is 0. The number of nitrogens with zero attached hydrogens (tertiary/aromatic N) is 3. The Hall–Kier alpha value is -2.41. The molecule has 0 saturated carbocycles. The van der Waals surface area contributed by atoms with Crippen LogP contribution in [0.4, 0.5) is 0 Å². The second kappa shape index (κ2) is 8.99. The highest BCUT2D eigenvalue weighted by Gasteiger charge is 2.21. The van der Waals surface area contributed by atoms with Gasteiger partial charge in [-0.3, -0.25) is 9.59 Å². The Kier molecular flexibility index (Phi) is 6.45. The van der Waals surface area contributed by atoms with Crippen molar-refractivity contribution in [1.29, 1.82) is 0 Å². The summed E-state index contributed by atoms with van der Waals surface area (Å²) in [6, 6.07) is 7.90. The predicted molar refractivity (Wildman–Crippen MR) is 105 cm³/mol. The molecule has 2 amide bonds. The van der Waals surface area contributed by atoms with Gasteiger partial charge >= 0.3 is 0 Å². The third-order valence-corrected chi connectivity index (χ3v) is 5.48. The maximum absolute atomic E-state index is 12.6. The van der Waals surface area contributed by atoms with E-state index in [9.17, 15) is 9.59 Å². The van der Waals surface area contributed by atoms with E-state index in [1.54, 1.807) is 11.8 Å². The highest BCUT2D eigenvalue weighted by atomic mass is 32.1. The number of hydrogen-bond acceptors (Lipinski definition) is 5. The molecule has 3 rings (SSSR count). The molecule has 27 heavy (non-hydrogen) atoms. The molecule has 1 saturated heterocycles. The molecule has 2 heterocycles. The average Bonchev–Trinajstić information content (AvgIpc) is 2.93. The number of aromatic nitrogens is 1. The van der Waals surface area contributed by atoms with E-state index < -0.39 is 0 Å². The highest BCUT2D eigenvalue weighted by Crippen LogP contribution is 2.17. The fraction of sp³-hybridized carbons (Fsp3) is 0.450. The molecule has 6 nitrogen and oxygen atoms in total. The van der Waals surface area contributed by atoms with Crippen LogP contribution in [0.25, 0.3) is 0 Å². The topological polar surface area (TPSA) is 62.7 Å². The van der Waals surface area contributed by atoms with Gasteiger partial charge < -0.3 is 14.5 Å². The Labute approximate surface area is 163 Å². The molecular weight excluding hydrogens is 362 g/mol. The lowest BCUT2D eigenvalue weighted by molar-refractivity contribution is -0.132. The average molecular weight is 388 g/mol. The summed E-state index contributed by atoms with van der Waals surface area (Å²) in [5.74, 6) is 0.951. The highest BCUT2D eigenvalue weighted by molar-refractivity contribution is 7.09. The summed E-state index contributed by atoms with van der Waals surface area (Å²) >= 11 is 1.51. The molecule has 0 spiro atoms. The van der Waals surface area contributed by atoms with Gasteiger partial charge in [0.25, 0.3) is 0 Å². The second-order valence-corrected chi connectivity index (χ2v) is 7.69. The number of carbonyl (C=O) groups is 2. The maximum atomic E-state index is 12.6. The van der Waals surface area contributed by atoms with E-state index in [2.05, 4.69) is 4.98 Å². The summed E-state index contributed by atoms with van der Waals surface area (Å²) in [4.78, 5) is 32.2. The van der Waals surface area contributed by atoms with Crippen LogP contribution in [-0.2, 0) is 22.6 Å². The summed E-state index contributed by atoms with van der Waals surface area (Å²) in [5, 5.41) is 2.78. The van der Waals surface area contributed by atoms with Crippen LogP contribution in [-0.4, -0.2) is 52.8 Å². The first-order valence-corrected chi connectivity index (χ1v) is 10.1. The van der Waals surface area contributed by atoms with Crippen molar-refractivity contribution in [2.75, 3.05) is 26.2 Å². The lowest BCUT2D eigenvalue weighted by atomic mass is 10.2. The number of thiazole rings is 1. The Morgan fingerprint density at radius 1 is 1.11 bits per heavy atom. The minimum absolute atomic E-state index is 0.0664. The lowest BCUT2D eigenvalue weighted by Gasteiger charge is -2.21. The molecule has 1 aliphatic rings. The van der Waals surface area contributed by atoms with Gasteiger partial charge in [-0.05, 0) is 25.5 Å². The van der Waals surface area contributed by atoms with Crippen molar-refractivity contribution in [1.82, 2.24) is 14.8 Å². The normalized spacial score (nSPS) is 14.7. The molecule has 2 aromatic rings. The van der Waals surface area contributed by atoms with Gasteiger partial charge in [0.2, 0.25) is 11.8 Å². The van der Waals surface area contributed by atoms with Crippen molar-refractivity contribution in [2.45, 2.75) is 33.3 Å². The molecule has 1 aromatic heterocycles. The molecule has 0 atom stereocenters. The van der Waals surface area contributed by atoms with Crippen molar-refractivity contribution in [2.24, 2.45) is 0 Å². The number of rotatable bonds is 5. The molecule has 7 heteroatoms. The van der Waals surface area contributed by atoms with Crippen LogP contribution in [0.15, 0.2) is 29.6 Å². The van der Waals surface area contributed by atoms with Gasteiger partial charge in [0.05, 0.1) is 12.1 Å². The van der Waals surface area contributed by atoms with Crippen LogP contribution in [0, 0.1) is 6.92 Å². The van der Waals surface area contributed by atoms with E-state index in [1.807, 2.05) is 41.5 Å². The summed E-state index contributed by atoms with van der Waals surface area (Å²) < 4.78 is 5.75. The molecular formula is C20H25N3O3S. The summed E-state index contributed by atoms with van der Waals surface area (Å²) in [5.41, 5.74) is 1.97. The van der Waals surface area contributed by atoms with Gasteiger partial charge in [-0.15, -0.1) is 11.3 Å². The predicted octanol–water partition coefficient (Wildman–Crippen LogP) is 2.65. The minimum atomic E-state index is 0.0664. The van der Waals surface area contributed by atoms with Crippen molar-refractivity contribution in [3.05, 3.63) is 45.9 Å². The van der Waals surface area contributed by atoms with Crippen molar-refractivity contribution in [3.63, 3.8) is 0 Å². The van der Waals surface area contributed by atoms with Crippen LogP contribution in [0.3, 0.4) is 0 Å². The molecule has 144 valence electrons. The van der Waals surface area contributed by atoms with Crippen LogP contribution < -0.4 is 4.74 Å². The largest absolute Gasteiger partial charge is 0.486 e. The number of ether oxygens (including phenoxy) is 1. The first-order valence-electron chi connectivity index (χ1n) is 9.17. The van der Waals surface area contributed by atoms with Gasteiger partial charge in [-0.2, -0.15) is 0 Å². The van der Waals surface area contributed by atoms with E-state index in [1.165, 1.54) is 16.9 Å². The van der Waals surface area contributed by atoms with Crippen molar-refractivity contribution < 1.29 is 14.3 Å². The Bertz CT molecular complexity index is 788. The molecule has 0 bridgehead atoms. The number of benzene rings is 1. The van der Waals surface area contributed by atoms with Gasteiger partial charge in [0, 0.05) is 38.5 Å². The summed E-state index contributed by atoms with van der Waals surface area (Å²) in [7, 11) is 0. The van der Waals surface area contributed by atoms with Gasteiger partial charge in [-0.1, -0.05) is 17.7 Å². The van der Waals surface area contributed by atoms with Crippen LogP contribution >= 0.6 is 11.3 Å².